The summed E-state index contributed by atoms with van der Waals surface area (Å²) in [5, 5.41) is 4.39. The maximum absolute atomic E-state index is 12.7. The number of amides is 1. The molecular weight excluding hydrogens is 423 g/mol. The predicted molar refractivity (Wildman–Crippen MR) is 121 cm³/mol. The summed E-state index contributed by atoms with van der Waals surface area (Å²) in [5.74, 6) is 1.51. The second-order valence-corrected chi connectivity index (χ2v) is 8.38. The molecule has 1 aliphatic heterocycles. The van der Waals surface area contributed by atoms with Crippen molar-refractivity contribution in [1.29, 1.82) is 0 Å². The Kier molecular flexibility index (Phi) is 8.25. The van der Waals surface area contributed by atoms with Gasteiger partial charge in [0.05, 0.1) is 20.1 Å². The van der Waals surface area contributed by atoms with Gasteiger partial charge in [-0.15, -0.1) is 0 Å². The first-order valence-electron chi connectivity index (χ1n) is 10.1. The van der Waals surface area contributed by atoms with Gasteiger partial charge in [0.25, 0.3) is 0 Å². The van der Waals surface area contributed by atoms with Crippen LogP contribution in [0.5, 0.6) is 11.5 Å². The third-order valence-electron chi connectivity index (χ3n) is 5.45. The zero-order valence-corrected chi connectivity index (χ0v) is 18.9. The molecule has 1 N–H and O–H groups in total. The zero-order valence-electron chi connectivity index (χ0n) is 17.4. The Bertz CT molecular complexity index is 876. The maximum Gasteiger partial charge on any atom is 0.224 e. The Morgan fingerprint density at radius 3 is 2.67 bits per heavy atom. The lowest BCUT2D eigenvalue weighted by Crippen LogP contribution is -2.43. The third-order valence-corrected chi connectivity index (χ3v) is 6.03. The van der Waals surface area contributed by atoms with E-state index >= 15 is 0 Å². The van der Waals surface area contributed by atoms with Crippen LogP contribution in [0.15, 0.2) is 36.4 Å². The minimum atomic E-state index is -0.00442. The Labute approximate surface area is 188 Å². The molecule has 162 valence electrons. The van der Waals surface area contributed by atoms with Crippen molar-refractivity contribution in [1.82, 2.24) is 10.2 Å². The van der Waals surface area contributed by atoms with Crippen LogP contribution in [-0.4, -0.2) is 44.7 Å². The number of methoxy groups -OCH3 is 2. The molecule has 1 heterocycles. The number of carbonyl (C=O) groups excluding carboxylic acids is 1. The summed E-state index contributed by atoms with van der Waals surface area (Å²) in [7, 11) is 3.24. The lowest BCUT2D eigenvalue weighted by atomic mass is 9.96. The van der Waals surface area contributed by atoms with Crippen molar-refractivity contribution in [3.63, 3.8) is 0 Å². The summed E-state index contributed by atoms with van der Waals surface area (Å²) >= 11 is 12.3. The average Bonchev–Trinajstić information content (AvgIpc) is 2.75. The number of piperidine rings is 1. The second kappa shape index (κ2) is 10.9. The van der Waals surface area contributed by atoms with E-state index in [4.69, 9.17) is 32.7 Å². The van der Waals surface area contributed by atoms with Crippen LogP contribution in [0.4, 0.5) is 0 Å². The lowest BCUT2D eigenvalue weighted by molar-refractivity contribution is -0.126. The van der Waals surface area contributed by atoms with Crippen LogP contribution in [0.25, 0.3) is 0 Å². The van der Waals surface area contributed by atoms with Crippen LogP contribution in [0, 0.1) is 5.92 Å². The van der Waals surface area contributed by atoms with E-state index in [2.05, 4.69) is 10.2 Å². The predicted octanol–water partition coefficient (Wildman–Crippen LogP) is 4.58. The molecule has 0 aliphatic carbocycles. The van der Waals surface area contributed by atoms with Crippen LogP contribution in [0.2, 0.25) is 10.0 Å². The molecular formula is C23H28Cl2N2O3. The Morgan fingerprint density at radius 1 is 1.13 bits per heavy atom. The number of carbonyl (C=O) groups is 1. The van der Waals surface area contributed by atoms with E-state index in [1.54, 1.807) is 20.3 Å². The van der Waals surface area contributed by atoms with Crippen molar-refractivity contribution in [3.05, 3.63) is 57.6 Å². The van der Waals surface area contributed by atoms with Gasteiger partial charge in [0.1, 0.15) is 0 Å². The Morgan fingerprint density at radius 2 is 1.93 bits per heavy atom. The van der Waals surface area contributed by atoms with Crippen LogP contribution in [0.1, 0.15) is 24.0 Å². The van der Waals surface area contributed by atoms with Gasteiger partial charge < -0.3 is 14.8 Å². The largest absolute Gasteiger partial charge is 0.493 e. The summed E-state index contributed by atoms with van der Waals surface area (Å²) in [6.45, 7) is 3.02. The maximum atomic E-state index is 12.7. The highest BCUT2D eigenvalue weighted by atomic mass is 35.5. The topological polar surface area (TPSA) is 50.8 Å². The van der Waals surface area contributed by atoms with Gasteiger partial charge in [-0.1, -0.05) is 35.3 Å². The van der Waals surface area contributed by atoms with Gasteiger partial charge in [0, 0.05) is 29.7 Å². The number of hydrogen-bond acceptors (Lipinski definition) is 4. The van der Waals surface area contributed by atoms with Gasteiger partial charge >= 0.3 is 0 Å². The summed E-state index contributed by atoms with van der Waals surface area (Å²) in [6.07, 6.45) is 2.65. The number of rotatable bonds is 8. The van der Waals surface area contributed by atoms with Crippen LogP contribution in [-0.2, 0) is 17.8 Å². The monoisotopic (exact) mass is 450 g/mol. The minimum absolute atomic E-state index is 0.00442. The van der Waals surface area contributed by atoms with Gasteiger partial charge in [0.2, 0.25) is 5.91 Å². The molecule has 1 fully saturated rings. The molecule has 0 saturated carbocycles. The van der Waals surface area contributed by atoms with Gasteiger partial charge in [0.15, 0.2) is 11.5 Å². The molecule has 0 unspecified atom stereocenters. The molecule has 1 aliphatic rings. The normalized spacial score (nSPS) is 16.9. The quantitative estimate of drug-likeness (QED) is 0.639. The van der Waals surface area contributed by atoms with Gasteiger partial charge in [-0.3, -0.25) is 9.69 Å². The molecule has 0 radical (unpaired) electrons. The average molecular weight is 451 g/mol. The van der Waals surface area contributed by atoms with Gasteiger partial charge in [-0.2, -0.15) is 0 Å². The molecule has 2 aromatic rings. The van der Waals surface area contributed by atoms with Gasteiger partial charge in [-0.05, 0) is 61.2 Å². The van der Waals surface area contributed by atoms with Gasteiger partial charge in [-0.25, -0.2) is 0 Å². The highest BCUT2D eigenvalue weighted by Crippen LogP contribution is 2.28. The fraction of sp³-hybridized carbons (Fsp3) is 0.435. The molecule has 1 atom stereocenters. The fourth-order valence-corrected chi connectivity index (χ4v) is 4.28. The van der Waals surface area contributed by atoms with Crippen LogP contribution >= 0.6 is 23.2 Å². The smallest absolute Gasteiger partial charge is 0.224 e. The van der Waals surface area contributed by atoms with Crippen molar-refractivity contribution < 1.29 is 14.3 Å². The summed E-state index contributed by atoms with van der Waals surface area (Å²) in [5.41, 5.74) is 2.13. The number of halogens is 2. The molecule has 1 saturated heterocycles. The number of nitrogens with one attached hydrogen (secondary N) is 1. The number of hydrogen-bond donors (Lipinski definition) is 1. The molecule has 0 bridgehead atoms. The molecule has 1 amide bonds. The SMILES string of the molecule is COc1ccc(CCNC(=O)[C@@H]2CCCN(Cc3ccc(Cl)cc3Cl)C2)cc1OC. The summed E-state index contributed by atoms with van der Waals surface area (Å²) in [4.78, 5) is 15.0. The zero-order chi connectivity index (χ0) is 21.5. The van der Waals surface area contributed by atoms with E-state index in [-0.39, 0.29) is 11.8 Å². The first-order valence-corrected chi connectivity index (χ1v) is 10.9. The highest BCUT2D eigenvalue weighted by Gasteiger charge is 2.26. The molecule has 2 aromatic carbocycles. The Balaban J connectivity index is 1.49. The molecule has 0 aromatic heterocycles. The first kappa shape index (κ1) is 22.7. The number of ether oxygens (including phenoxy) is 2. The molecule has 0 spiro atoms. The minimum Gasteiger partial charge on any atom is -0.493 e. The van der Waals surface area contributed by atoms with Crippen molar-refractivity contribution in [2.75, 3.05) is 33.9 Å². The number of nitrogens with zero attached hydrogens (tertiary/aromatic N) is 1. The van der Waals surface area contributed by atoms with Crippen molar-refractivity contribution in [3.8, 4) is 11.5 Å². The van der Waals surface area contributed by atoms with E-state index in [1.807, 2.05) is 30.3 Å². The van der Waals surface area contributed by atoms with E-state index in [1.165, 1.54) is 0 Å². The number of likely N-dealkylation sites (tertiary alicyclic amines) is 1. The number of benzene rings is 2. The van der Waals surface area contributed by atoms with Crippen LogP contribution in [0.3, 0.4) is 0 Å². The standard InChI is InChI=1S/C23H28Cl2N2O3/c1-29-21-8-5-16(12-22(21)30-2)9-10-26-23(28)18-4-3-11-27(15-18)14-17-6-7-19(24)13-20(17)25/h5-8,12-13,18H,3-4,9-11,14-15H2,1-2H3,(H,26,28)/t18-/m1/s1. The Hall–Kier alpha value is -1.95. The van der Waals surface area contributed by atoms with E-state index in [9.17, 15) is 4.79 Å². The van der Waals surface area contributed by atoms with E-state index in [0.717, 1.165) is 50.0 Å². The van der Waals surface area contributed by atoms with Crippen LogP contribution < -0.4 is 14.8 Å². The first-order chi connectivity index (χ1) is 14.5. The van der Waals surface area contributed by atoms with Crippen molar-refractivity contribution in [2.24, 2.45) is 5.92 Å². The third kappa shape index (κ3) is 6.03. The summed E-state index contributed by atoms with van der Waals surface area (Å²) < 4.78 is 10.6. The highest BCUT2D eigenvalue weighted by molar-refractivity contribution is 6.35. The fourth-order valence-electron chi connectivity index (χ4n) is 3.81. The van der Waals surface area contributed by atoms with Crippen molar-refractivity contribution in [2.45, 2.75) is 25.8 Å². The van der Waals surface area contributed by atoms with E-state index < -0.39 is 0 Å². The van der Waals surface area contributed by atoms with E-state index in [0.29, 0.717) is 28.1 Å². The summed E-state index contributed by atoms with van der Waals surface area (Å²) in [6, 6.07) is 11.4. The molecule has 5 nitrogen and oxygen atoms in total. The molecule has 30 heavy (non-hydrogen) atoms. The second-order valence-electron chi connectivity index (χ2n) is 7.54. The van der Waals surface area contributed by atoms with Crippen molar-refractivity contribution >= 4 is 29.1 Å². The lowest BCUT2D eigenvalue weighted by Gasteiger charge is -2.32. The molecule has 3 rings (SSSR count). The molecule has 7 heteroatoms.